The van der Waals surface area contributed by atoms with Crippen molar-refractivity contribution in [3.8, 4) is 12.3 Å². The van der Waals surface area contributed by atoms with Crippen LogP contribution in [0.2, 0.25) is 0 Å². The first-order valence-electron chi connectivity index (χ1n) is 3.78. The largest absolute Gasteiger partial charge is 0.481 e. The standard InChI is InChI=1S/C8H9NO6/c1-2-3-15-8(14)9-5(7(12)13)4-6(10)11/h1,5H,3-4H2,(H,9,14)(H,10,11)(H,12,13)/t5-/m1/s1. The van der Waals surface area contributed by atoms with Crippen LogP contribution in [-0.4, -0.2) is 40.9 Å². The van der Waals surface area contributed by atoms with Gasteiger partial charge in [-0.05, 0) is 0 Å². The zero-order chi connectivity index (χ0) is 11.8. The zero-order valence-electron chi connectivity index (χ0n) is 7.60. The van der Waals surface area contributed by atoms with Gasteiger partial charge in [-0.25, -0.2) is 9.59 Å². The van der Waals surface area contributed by atoms with Gasteiger partial charge in [0, 0.05) is 0 Å². The van der Waals surface area contributed by atoms with E-state index in [0.29, 0.717) is 0 Å². The number of amides is 1. The normalized spacial score (nSPS) is 10.9. The molecule has 0 aliphatic carbocycles. The summed E-state index contributed by atoms with van der Waals surface area (Å²) in [6, 6.07) is -1.53. The highest BCUT2D eigenvalue weighted by Crippen LogP contribution is 1.93. The zero-order valence-corrected chi connectivity index (χ0v) is 7.60. The predicted octanol–water partition coefficient (Wildman–Crippen LogP) is -0.726. The minimum Gasteiger partial charge on any atom is -0.481 e. The first-order valence-corrected chi connectivity index (χ1v) is 3.78. The predicted molar refractivity (Wildman–Crippen MR) is 47.0 cm³/mol. The van der Waals surface area contributed by atoms with Gasteiger partial charge in [-0.15, -0.1) is 6.42 Å². The molecule has 0 fully saturated rings. The lowest BCUT2D eigenvalue weighted by Gasteiger charge is -2.11. The molecule has 0 saturated carbocycles. The lowest BCUT2D eigenvalue weighted by molar-refractivity contribution is -0.145. The van der Waals surface area contributed by atoms with Crippen molar-refractivity contribution in [2.24, 2.45) is 0 Å². The summed E-state index contributed by atoms with van der Waals surface area (Å²) in [5.41, 5.74) is 0. The Labute approximate surface area is 85.0 Å². The number of hydrogen-bond acceptors (Lipinski definition) is 4. The third-order valence-electron chi connectivity index (χ3n) is 1.26. The van der Waals surface area contributed by atoms with Gasteiger partial charge in [0.2, 0.25) is 0 Å². The first kappa shape index (κ1) is 12.8. The van der Waals surface area contributed by atoms with Crippen molar-refractivity contribution in [1.29, 1.82) is 0 Å². The van der Waals surface area contributed by atoms with Gasteiger partial charge < -0.3 is 20.3 Å². The highest BCUT2D eigenvalue weighted by Gasteiger charge is 2.23. The molecule has 0 bridgehead atoms. The van der Waals surface area contributed by atoms with E-state index in [2.05, 4.69) is 4.74 Å². The number of rotatable bonds is 5. The van der Waals surface area contributed by atoms with Crippen molar-refractivity contribution >= 4 is 18.0 Å². The van der Waals surface area contributed by atoms with Crippen LogP contribution in [-0.2, 0) is 14.3 Å². The molecule has 0 saturated heterocycles. The number of carbonyl (C=O) groups excluding carboxylic acids is 1. The highest BCUT2D eigenvalue weighted by atomic mass is 16.5. The second-order valence-electron chi connectivity index (χ2n) is 2.41. The molecule has 0 radical (unpaired) electrons. The van der Waals surface area contributed by atoms with Crippen LogP contribution in [0.1, 0.15) is 6.42 Å². The molecular weight excluding hydrogens is 206 g/mol. The second kappa shape index (κ2) is 6.26. The SMILES string of the molecule is C#CCOC(=O)N[C@H](CC(=O)O)C(=O)O. The number of carboxylic acid groups (broad SMARTS) is 2. The third kappa shape index (κ3) is 5.93. The molecular formula is C8H9NO6. The van der Waals surface area contributed by atoms with Crippen molar-refractivity contribution in [2.75, 3.05) is 6.61 Å². The summed E-state index contributed by atoms with van der Waals surface area (Å²) < 4.78 is 4.31. The Hall–Kier alpha value is -2.23. The second-order valence-corrected chi connectivity index (χ2v) is 2.41. The van der Waals surface area contributed by atoms with Gasteiger partial charge in [0.15, 0.2) is 6.61 Å². The number of carboxylic acids is 2. The molecule has 0 aliphatic heterocycles. The maximum atomic E-state index is 10.8. The van der Waals surface area contributed by atoms with E-state index in [1.165, 1.54) is 0 Å². The highest BCUT2D eigenvalue weighted by molar-refractivity contribution is 5.84. The van der Waals surface area contributed by atoms with Crippen LogP contribution >= 0.6 is 0 Å². The van der Waals surface area contributed by atoms with Crippen LogP contribution < -0.4 is 5.32 Å². The molecule has 0 heterocycles. The molecule has 82 valence electrons. The van der Waals surface area contributed by atoms with E-state index in [0.717, 1.165) is 0 Å². The average molecular weight is 215 g/mol. The van der Waals surface area contributed by atoms with E-state index in [9.17, 15) is 14.4 Å². The van der Waals surface area contributed by atoms with Crippen molar-refractivity contribution in [3.05, 3.63) is 0 Å². The average Bonchev–Trinajstić information content (AvgIpc) is 2.12. The molecule has 0 aromatic rings. The van der Waals surface area contributed by atoms with Gasteiger partial charge in [0.05, 0.1) is 6.42 Å². The Morgan fingerprint density at radius 1 is 1.40 bits per heavy atom. The number of ether oxygens (including phenoxy) is 1. The molecule has 0 aromatic carbocycles. The summed E-state index contributed by atoms with van der Waals surface area (Å²) in [4.78, 5) is 31.5. The van der Waals surface area contributed by atoms with Crippen molar-refractivity contribution in [2.45, 2.75) is 12.5 Å². The molecule has 0 spiro atoms. The van der Waals surface area contributed by atoms with E-state index in [4.69, 9.17) is 16.6 Å². The van der Waals surface area contributed by atoms with Crippen LogP contribution in [0.5, 0.6) is 0 Å². The maximum Gasteiger partial charge on any atom is 0.408 e. The number of carbonyl (C=O) groups is 3. The van der Waals surface area contributed by atoms with Crippen LogP contribution in [0.3, 0.4) is 0 Å². The molecule has 7 heteroatoms. The lowest BCUT2D eigenvalue weighted by atomic mass is 10.2. The molecule has 0 rings (SSSR count). The number of hydrogen-bond donors (Lipinski definition) is 3. The van der Waals surface area contributed by atoms with Crippen LogP contribution in [0.15, 0.2) is 0 Å². The van der Waals surface area contributed by atoms with Gasteiger partial charge in [0.25, 0.3) is 0 Å². The molecule has 1 atom stereocenters. The number of alkyl carbamates (subject to hydrolysis) is 1. The maximum absolute atomic E-state index is 10.8. The van der Waals surface area contributed by atoms with Crippen molar-refractivity contribution in [1.82, 2.24) is 5.32 Å². The lowest BCUT2D eigenvalue weighted by Crippen LogP contribution is -2.42. The quantitative estimate of drug-likeness (QED) is 0.521. The van der Waals surface area contributed by atoms with E-state index in [1.807, 2.05) is 11.2 Å². The summed E-state index contributed by atoms with van der Waals surface area (Å²) in [7, 11) is 0. The van der Waals surface area contributed by atoms with Crippen molar-refractivity contribution < 1.29 is 29.3 Å². The smallest absolute Gasteiger partial charge is 0.408 e. The summed E-state index contributed by atoms with van der Waals surface area (Å²) >= 11 is 0. The Morgan fingerprint density at radius 3 is 2.40 bits per heavy atom. The molecule has 0 aromatic heterocycles. The fourth-order valence-corrected chi connectivity index (χ4v) is 0.666. The Kier molecular flexibility index (Phi) is 5.33. The molecule has 0 aliphatic rings. The summed E-state index contributed by atoms with van der Waals surface area (Å²) in [6.07, 6.45) is 2.98. The van der Waals surface area contributed by atoms with Crippen LogP contribution in [0, 0.1) is 12.3 Å². The van der Waals surface area contributed by atoms with Crippen LogP contribution in [0.25, 0.3) is 0 Å². The van der Waals surface area contributed by atoms with Gasteiger partial charge in [-0.1, -0.05) is 5.92 Å². The van der Waals surface area contributed by atoms with Crippen molar-refractivity contribution in [3.63, 3.8) is 0 Å². The molecule has 1 amide bonds. The van der Waals surface area contributed by atoms with E-state index in [-0.39, 0.29) is 6.61 Å². The Bertz CT molecular complexity index is 305. The van der Waals surface area contributed by atoms with Gasteiger partial charge >= 0.3 is 18.0 Å². The van der Waals surface area contributed by atoms with E-state index >= 15 is 0 Å². The third-order valence-corrected chi connectivity index (χ3v) is 1.26. The minimum absolute atomic E-state index is 0.314. The monoisotopic (exact) mass is 215 g/mol. The van der Waals surface area contributed by atoms with Gasteiger partial charge in [0.1, 0.15) is 6.04 Å². The van der Waals surface area contributed by atoms with Gasteiger partial charge in [-0.2, -0.15) is 0 Å². The molecule has 7 nitrogen and oxygen atoms in total. The van der Waals surface area contributed by atoms with Gasteiger partial charge in [-0.3, -0.25) is 4.79 Å². The number of nitrogens with one attached hydrogen (secondary N) is 1. The van der Waals surface area contributed by atoms with E-state index < -0.39 is 30.5 Å². The fourth-order valence-electron chi connectivity index (χ4n) is 0.666. The summed E-state index contributed by atoms with van der Waals surface area (Å²) in [5.74, 6) is -0.815. The minimum atomic E-state index is -1.53. The molecule has 0 unspecified atom stereocenters. The fraction of sp³-hybridized carbons (Fsp3) is 0.375. The molecule has 3 N–H and O–H groups in total. The molecule has 15 heavy (non-hydrogen) atoms. The topological polar surface area (TPSA) is 113 Å². The number of aliphatic carboxylic acids is 2. The van der Waals surface area contributed by atoms with Crippen LogP contribution in [0.4, 0.5) is 4.79 Å². The summed E-state index contributed by atoms with van der Waals surface area (Å²) in [6.45, 7) is -0.314. The van der Waals surface area contributed by atoms with E-state index in [1.54, 1.807) is 0 Å². The Balaban J connectivity index is 4.17. The first-order chi connectivity index (χ1) is 6.97. The Morgan fingerprint density at radius 2 is 2.00 bits per heavy atom. The number of terminal acetylenes is 1. The summed E-state index contributed by atoms with van der Waals surface area (Å²) in [5, 5.41) is 18.7.